The minimum absolute atomic E-state index is 0.228. The van der Waals surface area contributed by atoms with Crippen LogP contribution in [-0.4, -0.2) is 54.7 Å². The van der Waals surface area contributed by atoms with E-state index in [1.165, 1.54) is 19.3 Å². The third-order valence-electron chi connectivity index (χ3n) is 4.92. The van der Waals surface area contributed by atoms with E-state index in [9.17, 15) is 9.59 Å². The molecule has 1 aliphatic heterocycles. The molecular formula is C18H30N4O3. The van der Waals surface area contributed by atoms with Gasteiger partial charge in [0.2, 0.25) is 5.91 Å². The predicted molar refractivity (Wildman–Crippen MR) is 93.7 cm³/mol. The first kappa shape index (κ1) is 19.5. The van der Waals surface area contributed by atoms with Crippen LogP contribution in [0.5, 0.6) is 0 Å². The van der Waals surface area contributed by atoms with Gasteiger partial charge in [-0.2, -0.15) is 5.26 Å². The Morgan fingerprint density at radius 3 is 2.48 bits per heavy atom. The average Bonchev–Trinajstić information content (AvgIpc) is 2.62. The maximum Gasteiger partial charge on any atom is 0.318 e. The maximum atomic E-state index is 12.7. The minimum atomic E-state index is -0.953. The molecule has 0 spiro atoms. The van der Waals surface area contributed by atoms with E-state index in [1.54, 1.807) is 18.7 Å². The van der Waals surface area contributed by atoms with Gasteiger partial charge in [0.1, 0.15) is 11.6 Å². The highest BCUT2D eigenvalue weighted by Crippen LogP contribution is 2.27. The molecule has 2 aliphatic rings. The zero-order valence-corrected chi connectivity index (χ0v) is 15.3. The standard InChI is InChI=1S/C18H30N4O3/c1-18(2,13-19)21-16(23)15(12-14-6-4-3-5-7-14)20-17(24)22-8-10-25-11-9-22/h14-15H,3-12H2,1-2H3,(H,20,24)(H,21,23)/t15-/m0/s1. The number of carbonyl (C=O) groups is 2. The fourth-order valence-electron chi connectivity index (χ4n) is 3.42. The number of nitrogens with zero attached hydrogens (tertiary/aromatic N) is 2. The molecule has 0 bridgehead atoms. The summed E-state index contributed by atoms with van der Waals surface area (Å²) in [6, 6.07) is 1.24. The van der Waals surface area contributed by atoms with Crippen molar-refractivity contribution in [3.63, 3.8) is 0 Å². The first-order valence-corrected chi connectivity index (χ1v) is 9.28. The zero-order valence-electron chi connectivity index (χ0n) is 15.3. The molecule has 7 nitrogen and oxygen atoms in total. The Balaban J connectivity index is 2.00. The second-order valence-electron chi connectivity index (χ2n) is 7.57. The third kappa shape index (κ3) is 6.20. The monoisotopic (exact) mass is 350 g/mol. The van der Waals surface area contributed by atoms with E-state index in [1.807, 2.05) is 0 Å². The van der Waals surface area contributed by atoms with Gasteiger partial charge in [-0.05, 0) is 26.2 Å². The summed E-state index contributed by atoms with van der Waals surface area (Å²) < 4.78 is 5.27. The van der Waals surface area contributed by atoms with Crippen LogP contribution in [0.2, 0.25) is 0 Å². The molecule has 1 heterocycles. The molecule has 0 radical (unpaired) electrons. The topological polar surface area (TPSA) is 94.5 Å². The summed E-state index contributed by atoms with van der Waals surface area (Å²) in [6.45, 7) is 5.43. The number of nitrogens with one attached hydrogen (secondary N) is 2. The van der Waals surface area contributed by atoms with Gasteiger partial charge in [0.15, 0.2) is 0 Å². The highest BCUT2D eigenvalue weighted by molar-refractivity contribution is 5.87. The Bertz CT molecular complexity index is 503. The van der Waals surface area contributed by atoms with E-state index in [2.05, 4.69) is 16.7 Å². The van der Waals surface area contributed by atoms with E-state index in [4.69, 9.17) is 10.00 Å². The summed E-state index contributed by atoms with van der Waals surface area (Å²) in [7, 11) is 0. The summed E-state index contributed by atoms with van der Waals surface area (Å²) in [4.78, 5) is 26.9. The van der Waals surface area contributed by atoms with Crippen molar-refractivity contribution in [3.8, 4) is 6.07 Å². The lowest BCUT2D eigenvalue weighted by Gasteiger charge is -2.32. The molecule has 140 valence electrons. The lowest BCUT2D eigenvalue weighted by Crippen LogP contribution is -2.56. The van der Waals surface area contributed by atoms with Gasteiger partial charge in [0, 0.05) is 13.1 Å². The van der Waals surface area contributed by atoms with Crippen LogP contribution in [0.15, 0.2) is 0 Å². The first-order chi connectivity index (χ1) is 11.9. The van der Waals surface area contributed by atoms with Gasteiger partial charge < -0.3 is 20.3 Å². The molecule has 0 aromatic heterocycles. The average molecular weight is 350 g/mol. The molecule has 1 aliphatic carbocycles. The molecule has 0 unspecified atom stereocenters. The van der Waals surface area contributed by atoms with Gasteiger partial charge in [-0.15, -0.1) is 0 Å². The van der Waals surface area contributed by atoms with E-state index < -0.39 is 11.6 Å². The SMILES string of the molecule is CC(C)(C#N)NC(=O)[C@H](CC1CCCCC1)NC(=O)N1CCOCC1. The molecule has 25 heavy (non-hydrogen) atoms. The number of rotatable bonds is 5. The maximum absolute atomic E-state index is 12.7. The van der Waals surface area contributed by atoms with Crippen LogP contribution < -0.4 is 10.6 Å². The minimum Gasteiger partial charge on any atom is -0.378 e. The Morgan fingerprint density at radius 1 is 1.24 bits per heavy atom. The van der Waals surface area contributed by atoms with Gasteiger partial charge in [0.05, 0.1) is 19.3 Å². The fourth-order valence-corrected chi connectivity index (χ4v) is 3.42. The molecule has 7 heteroatoms. The van der Waals surface area contributed by atoms with Gasteiger partial charge >= 0.3 is 6.03 Å². The Hall–Kier alpha value is -1.81. The number of hydrogen-bond donors (Lipinski definition) is 2. The molecule has 2 rings (SSSR count). The highest BCUT2D eigenvalue weighted by Gasteiger charge is 2.31. The van der Waals surface area contributed by atoms with Crippen molar-refractivity contribution < 1.29 is 14.3 Å². The molecule has 2 fully saturated rings. The van der Waals surface area contributed by atoms with Crippen molar-refractivity contribution in [3.05, 3.63) is 0 Å². The lowest BCUT2D eigenvalue weighted by molar-refractivity contribution is -0.124. The Labute approximate surface area is 150 Å². The summed E-state index contributed by atoms with van der Waals surface area (Å²) in [6.07, 6.45) is 6.43. The second-order valence-corrected chi connectivity index (χ2v) is 7.57. The van der Waals surface area contributed by atoms with Crippen molar-refractivity contribution in [2.75, 3.05) is 26.3 Å². The van der Waals surface area contributed by atoms with Crippen LogP contribution in [0.25, 0.3) is 0 Å². The summed E-state index contributed by atoms with van der Waals surface area (Å²) in [5, 5.41) is 14.8. The van der Waals surface area contributed by atoms with Gasteiger partial charge in [-0.1, -0.05) is 32.1 Å². The van der Waals surface area contributed by atoms with Gasteiger partial charge in [0.25, 0.3) is 0 Å². The number of hydrogen-bond acceptors (Lipinski definition) is 4. The summed E-state index contributed by atoms with van der Waals surface area (Å²) >= 11 is 0. The lowest BCUT2D eigenvalue weighted by atomic mass is 9.84. The quantitative estimate of drug-likeness (QED) is 0.790. The molecule has 0 aromatic carbocycles. The van der Waals surface area contributed by atoms with Crippen molar-refractivity contribution in [2.45, 2.75) is 64.0 Å². The normalized spacial score (nSPS) is 20.4. The van der Waals surface area contributed by atoms with E-state index in [-0.39, 0.29) is 11.9 Å². The van der Waals surface area contributed by atoms with E-state index >= 15 is 0 Å². The zero-order chi connectivity index (χ0) is 18.3. The number of morpholine rings is 1. The number of carbonyl (C=O) groups excluding carboxylic acids is 2. The van der Waals surface area contributed by atoms with Gasteiger partial charge in [-0.3, -0.25) is 4.79 Å². The number of nitriles is 1. The van der Waals surface area contributed by atoms with Crippen molar-refractivity contribution in [1.82, 2.24) is 15.5 Å². The molecule has 1 saturated carbocycles. The number of amides is 3. The van der Waals surface area contributed by atoms with Crippen LogP contribution in [0, 0.1) is 17.2 Å². The first-order valence-electron chi connectivity index (χ1n) is 9.28. The summed E-state index contributed by atoms with van der Waals surface area (Å²) in [5.74, 6) is 0.165. The van der Waals surface area contributed by atoms with Crippen molar-refractivity contribution in [1.29, 1.82) is 5.26 Å². The van der Waals surface area contributed by atoms with Crippen LogP contribution in [0.1, 0.15) is 52.4 Å². The van der Waals surface area contributed by atoms with Crippen LogP contribution in [0.4, 0.5) is 4.79 Å². The number of ether oxygens (including phenoxy) is 1. The largest absolute Gasteiger partial charge is 0.378 e. The summed E-state index contributed by atoms with van der Waals surface area (Å²) in [5.41, 5.74) is -0.953. The Morgan fingerprint density at radius 2 is 1.88 bits per heavy atom. The second kappa shape index (κ2) is 9.04. The molecule has 0 aromatic rings. The van der Waals surface area contributed by atoms with Crippen LogP contribution >= 0.6 is 0 Å². The van der Waals surface area contributed by atoms with Crippen molar-refractivity contribution >= 4 is 11.9 Å². The number of urea groups is 1. The van der Waals surface area contributed by atoms with Gasteiger partial charge in [-0.25, -0.2) is 4.79 Å². The molecule has 1 atom stereocenters. The van der Waals surface area contributed by atoms with Crippen LogP contribution in [-0.2, 0) is 9.53 Å². The van der Waals surface area contributed by atoms with E-state index in [0.29, 0.717) is 38.6 Å². The predicted octanol–water partition coefficient (Wildman–Crippen LogP) is 1.79. The molecular weight excluding hydrogens is 320 g/mol. The van der Waals surface area contributed by atoms with Crippen molar-refractivity contribution in [2.24, 2.45) is 5.92 Å². The van der Waals surface area contributed by atoms with Crippen LogP contribution in [0.3, 0.4) is 0 Å². The molecule has 3 amide bonds. The molecule has 2 N–H and O–H groups in total. The smallest absolute Gasteiger partial charge is 0.318 e. The third-order valence-corrected chi connectivity index (χ3v) is 4.92. The fraction of sp³-hybridized carbons (Fsp3) is 0.833. The van der Waals surface area contributed by atoms with E-state index in [0.717, 1.165) is 12.8 Å². The molecule has 1 saturated heterocycles. The highest BCUT2D eigenvalue weighted by atomic mass is 16.5. The Kier molecular flexibility index (Phi) is 7.06.